The van der Waals surface area contributed by atoms with E-state index in [-0.39, 0.29) is 5.41 Å². The van der Waals surface area contributed by atoms with Crippen LogP contribution in [0.3, 0.4) is 0 Å². The lowest BCUT2D eigenvalue weighted by Crippen LogP contribution is -2.34. The van der Waals surface area contributed by atoms with Crippen LogP contribution in [0, 0.1) is 11.3 Å². The predicted molar refractivity (Wildman–Crippen MR) is 90.8 cm³/mol. The Kier molecular flexibility index (Phi) is 6.04. The number of nitrogens with zero attached hydrogens (tertiary/aromatic N) is 2. The zero-order valence-electron chi connectivity index (χ0n) is 14.7. The molecule has 1 aromatic rings. The van der Waals surface area contributed by atoms with Crippen LogP contribution in [-0.2, 0) is 6.54 Å². The number of rotatable bonds is 7. The molecule has 2 rings (SSSR count). The van der Waals surface area contributed by atoms with Crippen molar-refractivity contribution >= 4 is 0 Å². The van der Waals surface area contributed by atoms with Crippen LogP contribution >= 0.6 is 0 Å². The Labute approximate surface area is 135 Å². The average molecular weight is 307 g/mol. The van der Waals surface area contributed by atoms with Gasteiger partial charge in [0, 0.05) is 30.3 Å². The van der Waals surface area contributed by atoms with Gasteiger partial charge in [0.15, 0.2) is 0 Å². The van der Waals surface area contributed by atoms with Gasteiger partial charge >= 0.3 is 0 Å². The summed E-state index contributed by atoms with van der Waals surface area (Å²) in [5.74, 6) is 0.905. The van der Waals surface area contributed by atoms with E-state index in [9.17, 15) is 5.11 Å². The fourth-order valence-electron chi connectivity index (χ4n) is 3.71. The summed E-state index contributed by atoms with van der Waals surface area (Å²) in [6.45, 7) is 9.21. The maximum absolute atomic E-state index is 9.72. The number of H-pyrrole nitrogens is 1. The Balaban J connectivity index is 2.03. The van der Waals surface area contributed by atoms with Crippen molar-refractivity contribution in [3.05, 3.63) is 17.5 Å². The first-order valence-corrected chi connectivity index (χ1v) is 8.79. The van der Waals surface area contributed by atoms with Gasteiger partial charge in [-0.3, -0.25) is 5.10 Å². The summed E-state index contributed by atoms with van der Waals surface area (Å²) in [5, 5.41) is 17.3. The van der Waals surface area contributed by atoms with Gasteiger partial charge in [-0.1, -0.05) is 27.2 Å². The zero-order chi connectivity index (χ0) is 16.2. The van der Waals surface area contributed by atoms with Crippen LogP contribution in [0.25, 0.3) is 0 Å². The Hall–Kier alpha value is -0.870. The number of aromatic nitrogens is 2. The largest absolute Gasteiger partial charge is 0.396 e. The first-order chi connectivity index (χ1) is 10.5. The Bertz CT molecular complexity index is 455. The summed E-state index contributed by atoms with van der Waals surface area (Å²) in [6, 6.07) is 0. The molecule has 4 heteroatoms. The highest BCUT2D eigenvalue weighted by atomic mass is 16.3. The molecule has 0 amide bonds. The van der Waals surface area contributed by atoms with E-state index in [1.165, 1.54) is 36.9 Å². The third kappa shape index (κ3) is 4.11. The van der Waals surface area contributed by atoms with Crippen molar-refractivity contribution in [2.75, 3.05) is 20.2 Å². The van der Waals surface area contributed by atoms with E-state index in [4.69, 9.17) is 0 Å². The Morgan fingerprint density at radius 1 is 1.45 bits per heavy atom. The monoisotopic (exact) mass is 307 g/mol. The molecule has 1 heterocycles. The minimum absolute atomic E-state index is 0.253. The molecule has 0 spiro atoms. The van der Waals surface area contributed by atoms with Crippen LogP contribution in [0.1, 0.15) is 70.1 Å². The van der Waals surface area contributed by atoms with Crippen molar-refractivity contribution in [2.24, 2.45) is 11.3 Å². The first-order valence-electron chi connectivity index (χ1n) is 8.79. The molecule has 1 aliphatic rings. The van der Waals surface area contributed by atoms with Gasteiger partial charge in [0.05, 0.1) is 6.20 Å². The number of aliphatic hydroxyl groups excluding tert-OH is 1. The maximum atomic E-state index is 9.72. The molecule has 0 bridgehead atoms. The number of aromatic amines is 1. The van der Waals surface area contributed by atoms with Gasteiger partial charge in [-0.05, 0) is 50.6 Å². The van der Waals surface area contributed by atoms with Crippen LogP contribution < -0.4 is 0 Å². The topological polar surface area (TPSA) is 52.2 Å². The second-order valence-corrected chi connectivity index (χ2v) is 7.74. The normalized spacial score (nSPS) is 24.8. The lowest BCUT2D eigenvalue weighted by molar-refractivity contribution is 0.0630. The van der Waals surface area contributed by atoms with Gasteiger partial charge in [0.2, 0.25) is 0 Å². The van der Waals surface area contributed by atoms with Crippen molar-refractivity contribution in [1.82, 2.24) is 15.1 Å². The van der Waals surface area contributed by atoms with Crippen LogP contribution in [0.5, 0.6) is 0 Å². The van der Waals surface area contributed by atoms with Crippen LogP contribution in [0.2, 0.25) is 0 Å². The third-order valence-corrected chi connectivity index (χ3v) is 5.52. The van der Waals surface area contributed by atoms with Crippen molar-refractivity contribution < 1.29 is 5.11 Å². The van der Waals surface area contributed by atoms with Crippen LogP contribution in [0.4, 0.5) is 0 Å². The minimum Gasteiger partial charge on any atom is -0.396 e. The van der Waals surface area contributed by atoms with Gasteiger partial charge in [-0.25, -0.2) is 0 Å². The minimum atomic E-state index is 0.253. The van der Waals surface area contributed by atoms with Gasteiger partial charge in [0.1, 0.15) is 0 Å². The molecule has 0 aliphatic heterocycles. The smallest absolute Gasteiger partial charge is 0.0535 e. The molecular weight excluding hydrogens is 274 g/mol. The van der Waals surface area contributed by atoms with E-state index >= 15 is 0 Å². The summed E-state index contributed by atoms with van der Waals surface area (Å²) in [7, 11) is 2.19. The zero-order valence-corrected chi connectivity index (χ0v) is 14.7. The molecule has 0 aromatic carbocycles. The maximum Gasteiger partial charge on any atom is 0.0535 e. The second-order valence-electron chi connectivity index (χ2n) is 7.74. The number of hydrogen-bond donors (Lipinski definition) is 2. The summed E-state index contributed by atoms with van der Waals surface area (Å²) in [6.07, 6.45) is 7.90. The van der Waals surface area contributed by atoms with Crippen LogP contribution in [0.15, 0.2) is 6.20 Å². The van der Waals surface area contributed by atoms with Gasteiger partial charge in [-0.15, -0.1) is 0 Å². The van der Waals surface area contributed by atoms with Gasteiger partial charge < -0.3 is 10.0 Å². The number of unbranched alkanes of at least 4 members (excludes halogenated alkanes) is 1. The molecule has 0 saturated heterocycles. The highest BCUT2D eigenvalue weighted by Gasteiger charge is 2.37. The summed E-state index contributed by atoms with van der Waals surface area (Å²) < 4.78 is 0. The van der Waals surface area contributed by atoms with E-state index in [0.717, 1.165) is 19.5 Å². The second kappa shape index (κ2) is 7.60. The average Bonchev–Trinajstić information content (AvgIpc) is 2.93. The van der Waals surface area contributed by atoms with E-state index in [2.05, 4.69) is 42.9 Å². The Morgan fingerprint density at radius 3 is 2.91 bits per heavy atom. The molecule has 22 heavy (non-hydrogen) atoms. The standard InChI is InChI=1S/C18H33N3O/c1-5-6-9-21(4)12-15-11-19-20-17(15)14-7-8-18(2,3)16(10-14)13-22/h11,14,16,22H,5-10,12-13H2,1-4H3,(H,19,20)/t14?,16-/m0/s1. The molecule has 126 valence electrons. The Morgan fingerprint density at radius 2 is 2.23 bits per heavy atom. The van der Waals surface area contributed by atoms with E-state index in [1.54, 1.807) is 0 Å². The quantitative estimate of drug-likeness (QED) is 0.810. The van der Waals surface area contributed by atoms with Crippen molar-refractivity contribution in [2.45, 2.75) is 65.3 Å². The molecule has 2 N–H and O–H groups in total. The summed E-state index contributed by atoms with van der Waals surface area (Å²) in [4.78, 5) is 2.38. The molecular formula is C18H33N3O. The number of aliphatic hydroxyl groups is 1. The molecule has 1 aliphatic carbocycles. The van der Waals surface area contributed by atoms with E-state index in [1.807, 2.05) is 6.20 Å². The van der Waals surface area contributed by atoms with Gasteiger partial charge in [0.25, 0.3) is 0 Å². The van der Waals surface area contributed by atoms with Crippen LogP contribution in [-0.4, -0.2) is 40.4 Å². The first kappa shape index (κ1) is 17.5. The molecule has 4 nitrogen and oxygen atoms in total. The number of hydrogen-bond acceptors (Lipinski definition) is 3. The van der Waals surface area contributed by atoms with Crippen molar-refractivity contribution in [3.63, 3.8) is 0 Å². The van der Waals surface area contributed by atoms with Crippen molar-refractivity contribution in [3.8, 4) is 0 Å². The highest BCUT2D eigenvalue weighted by molar-refractivity contribution is 5.21. The fraction of sp³-hybridized carbons (Fsp3) is 0.833. The van der Waals surface area contributed by atoms with E-state index in [0.29, 0.717) is 18.4 Å². The lowest BCUT2D eigenvalue weighted by Gasteiger charge is -2.41. The molecule has 0 radical (unpaired) electrons. The fourth-order valence-corrected chi connectivity index (χ4v) is 3.71. The van der Waals surface area contributed by atoms with Gasteiger partial charge in [-0.2, -0.15) is 5.10 Å². The SMILES string of the molecule is CCCCN(C)Cc1cn[nH]c1C1CCC(C)(C)[C@H](CO)C1. The molecule has 1 unspecified atom stereocenters. The van der Waals surface area contributed by atoms with Crippen molar-refractivity contribution in [1.29, 1.82) is 0 Å². The summed E-state index contributed by atoms with van der Waals surface area (Å²) >= 11 is 0. The molecule has 1 saturated carbocycles. The third-order valence-electron chi connectivity index (χ3n) is 5.52. The van der Waals surface area contributed by atoms with E-state index < -0.39 is 0 Å². The highest BCUT2D eigenvalue weighted by Crippen LogP contribution is 2.46. The summed E-state index contributed by atoms with van der Waals surface area (Å²) in [5.41, 5.74) is 2.89. The molecule has 1 aromatic heterocycles. The number of nitrogens with one attached hydrogen (secondary N) is 1. The lowest BCUT2D eigenvalue weighted by atomic mass is 9.65. The molecule has 2 atom stereocenters. The molecule has 1 fully saturated rings. The predicted octanol–water partition coefficient (Wildman–Crippen LogP) is 3.54.